The predicted octanol–water partition coefficient (Wildman–Crippen LogP) is 4.02. The van der Waals surface area contributed by atoms with E-state index in [-0.39, 0.29) is 22.7 Å². The molecular formula is C14H18ClN3OS. The van der Waals surface area contributed by atoms with Crippen LogP contribution in [0.2, 0.25) is 5.02 Å². The normalized spacial score (nSPS) is 12.7. The minimum absolute atomic E-state index is 0.00795. The van der Waals surface area contributed by atoms with Crippen molar-refractivity contribution in [2.24, 2.45) is 0 Å². The number of hydrogen-bond donors (Lipinski definition) is 1. The third-order valence-electron chi connectivity index (χ3n) is 2.99. The van der Waals surface area contributed by atoms with E-state index >= 15 is 0 Å². The smallest absolute Gasteiger partial charge is 0.287 e. The Bertz CT molecular complexity index is 663. The molecule has 4 nitrogen and oxygen atoms in total. The molecule has 0 spiro atoms. The number of anilines is 1. The summed E-state index contributed by atoms with van der Waals surface area (Å²) in [5, 5.41) is 7.59. The highest BCUT2D eigenvalue weighted by Crippen LogP contribution is 2.27. The summed E-state index contributed by atoms with van der Waals surface area (Å²) >= 11 is 7.87. The van der Waals surface area contributed by atoms with Crippen molar-refractivity contribution in [3.05, 3.63) is 43.5 Å². The molecule has 0 aromatic carbocycles. The molecular weight excluding hydrogens is 294 g/mol. The number of nitrogens with one attached hydrogen (secondary N) is 1. The molecule has 2 aromatic rings. The van der Waals surface area contributed by atoms with Gasteiger partial charge in [-0.15, -0.1) is 11.3 Å². The summed E-state index contributed by atoms with van der Waals surface area (Å²) < 4.78 is 1.38. The second-order valence-electron chi connectivity index (χ2n) is 5.03. The molecule has 0 radical (unpaired) electrons. The molecule has 2 aromatic heterocycles. The van der Waals surface area contributed by atoms with Gasteiger partial charge < -0.3 is 5.32 Å². The molecule has 6 heteroatoms. The summed E-state index contributed by atoms with van der Waals surface area (Å²) in [7, 11) is 0. The lowest BCUT2D eigenvalue weighted by Crippen LogP contribution is -2.26. The number of halogens is 1. The molecule has 0 saturated carbocycles. The van der Waals surface area contributed by atoms with Crippen LogP contribution in [-0.4, -0.2) is 9.78 Å². The fourth-order valence-electron chi connectivity index (χ4n) is 1.90. The highest BCUT2D eigenvalue weighted by Gasteiger charge is 2.14. The topological polar surface area (TPSA) is 46.9 Å². The molecule has 2 heterocycles. The Morgan fingerprint density at radius 2 is 2.05 bits per heavy atom. The van der Waals surface area contributed by atoms with Gasteiger partial charge in [-0.05, 0) is 39.8 Å². The van der Waals surface area contributed by atoms with Gasteiger partial charge in [-0.2, -0.15) is 5.10 Å². The minimum Gasteiger partial charge on any atom is -0.375 e. The molecule has 0 fully saturated rings. The summed E-state index contributed by atoms with van der Waals surface area (Å²) in [5.41, 5.74) is 0.313. The van der Waals surface area contributed by atoms with E-state index < -0.39 is 0 Å². The third-order valence-corrected chi connectivity index (χ3v) is 4.54. The van der Waals surface area contributed by atoms with Gasteiger partial charge in [0.15, 0.2) is 0 Å². The molecule has 20 heavy (non-hydrogen) atoms. The van der Waals surface area contributed by atoms with E-state index in [0.29, 0.717) is 5.69 Å². The van der Waals surface area contributed by atoms with Crippen molar-refractivity contribution in [3.63, 3.8) is 0 Å². The van der Waals surface area contributed by atoms with E-state index in [1.165, 1.54) is 14.4 Å². The van der Waals surface area contributed by atoms with Crippen LogP contribution in [0.1, 0.15) is 42.6 Å². The maximum Gasteiger partial charge on any atom is 0.287 e. The van der Waals surface area contributed by atoms with Crippen molar-refractivity contribution in [2.45, 2.75) is 39.8 Å². The van der Waals surface area contributed by atoms with Crippen molar-refractivity contribution in [3.8, 4) is 0 Å². The molecule has 0 aliphatic heterocycles. The lowest BCUT2D eigenvalue weighted by atomic mass is 10.2. The summed E-state index contributed by atoms with van der Waals surface area (Å²) in [6, 6.07) is 4.23. The Morgan fingerprint density at radius 3 is 2.60 bits per heavy atom. The average Bonchev–Trinajstić information content (AvgIpc) is 2.81. The number of nitrogens with zero attached hydrogens (tertiary/aromatic N) is 2. The lowest BCUT2D eigenvalue weighted by Gasteiger charge is -2.16. The molecule has 1 unspecified atom stereocenters. The zero-order chi connectivity index (χ0) is 14.9. The zero-order valence-corrected chi connectivity index (χ0v) is 13.5. The van der Waals surface area contributed by atoms with E-state index in [0.717, 1.165) is 0 Å². The monoisotopic (exact) mass is 311 g/mol. The van der Waals surface area contributed by atoms with Crippen LogP contribution in [0.3, 0.4) is 0 Å². The second-order valence-corrected chi connectivity index (χ2v) is 6.73. The van der Waals surface area contributed by atoms with Crippen molar-refractivity contribution >= 4 is 28.6 Å². The fraction of sp³-hybridized carbons (Fsp3) is 0.429. The molecule has 1 N–H and O–H groups in total. The summed E-state index contributed by atoms with van der Waals surface area (Å²) in [6.07, 6.45) is 1.61. The Hall–Kier alpha value is -1.33. The number of hydrogen-bond acceptors (Lipinski definition) is 4. The second kappa shape index (κ2) is 5.97. The van der Waals surface area contributed by atoms with Gasteiger partial charge in [0, 0.05) is 9.75 Å². The predicted molar refractivity (Wildman–Crippen MR) is 85.0 cm³/mol. The molecule has 1 atom stereocenters. The average molecular weight is 312 g/mol. The van der Waals surface area contributed by atoms with Gasteiger partial charge in [-0.1, -0.05) is 11.6 Å². The molecule has 2 rings (SSSR count). The van der Waals surface area contributed by atoms with Crippen molar-refractivity contribution in [1.82, 2.24) is 9.78 Å². The number of thiophene rings is 1. The molecule has 0 bridgehead atoms. The molecule has 0 amide bonds. The number of aromatic nitrogens is 2. The van der Waals surface area contributed by atoms with Crippen LogP contribution in [0.5, 0.6) is 0 Å². The lowest BCUT2D eigenvalue weighted by molar-refractivity contribution is 0.503. The van der Waals surface area contributed by atoms with Gasteiger partial charge in [-0.3, -0.25) is 4.79 Å². The molecule has 0 saturated heterocycles. The number of rotatable bonds is 4. The first-order valence-corrected chi connectivity index (χ1v) is 7.69. The van der Waals surface area contributed by atoms with Crippen molar-refractivity contribution in [2.75, 3.05) is 5.32 Å². The van der Waals surface area contributed by atoms with Crippen LogP contribution in [0, 0.1) is 6.92 Å². The van der Waals surface area contributed by atoms with Crippen LogP contribution in [0.4, 0.5) is 5.69 Å². The maximum absolute atomic E-state index is 12.1. The molecule has 108 valence electrons. The highest BCUT2D eigenvalue weighted by molar-refractivity contribution is 7.12. The first-order chi connectivity index (χ1) is 9.40. The first-order valence-electron chi connectivity index (χ1n) is 6.50. The third kappa shape index (κ3) is 3.04. The quantitative estimate of drug-likeness (QED) is 0.927. The SMILES string of the molecule is Cc1ccc(C(C)Nc2cnn(C(C)C)c(=O)c2Cl)s1. The number of aryl methyl sites for hydroxylation is 1. The van der Waals surface area contributed by atoms with Gasteiger partial charge in [0.1, 0.15) is 5.02 Å². The van der Waals surface area contributed by atoms with Crippen LogP contribution < -0.4 is 10.9 Å². The standard InChI is InChI=1S/C14H18ClN3OS/c1-8(2)18-14(19)13(15)11(7-16-18)17-10(4)12-6-5-9(3)20-12/h5-8,10,17H,1-4H3. The van der Waals surface area contributed by atoms with Gasteiger partial charge in [-0.25, -0.2) is 4.68 Å². The molecule has 0 aliphatic carbocycles. The Kier molecular flexibility index (Phi) is 4.50. The summed E-state index contributed by atoms with van der Waals surface area (Å²) in [6.45, 7) is 7.90. The fourth-order valence-corrected chi connectivity index (χ4v) is 2.97. The van der Waals surface area contributed by atoms with Crippen LogP contribution in [0.25, 0.3) is 0 Å². The largest absolute Gasteiger partial charge is 0.375 e. The van der Waals surface area contributed by atoms with Crippen LogP contribution in [-0.2, 0) is 0 Å². The van der Waals surface area contributed by atoms with E-state index in [1.807, 2.05) is 20.8 Å². The van der Waals surface area contributed by atoms with E-state index in [9.17, 15) is 4.79 Å². The Balaban J connectivity index is 2.26. The summed E-state index contributed by atoms with van der Waals surface area (Å²) in [4.78, 5) is 14.5. The zero-order valence-electron chi connectivity index (χ0n) is 12.0. The van der Waals surface area contributed by atoms with Crippen LogP contribution in [0.15, 0.2) is 23.1 Å². The van der Waals surface area contributed by atoms with Gasteiger partial charge in [0.05, 0.1) is 24.0 Å². The van der Waals surface area contributed by atoms with Crippen molar-refractivity contribution < 1.29 is 0 Å². The summed E-state index contributed by atoms with van der Waals surface area (Å²) in [5.74, 6) is 0. The van der Waals surface area contributed by atoms with Crippen molar-refractivity contribution in [1.29, 1.82) is 0 Å². The van der Waals surface area contributed by atoms with E-state index in [4.69, 9.17) is 11.6 Å². The van der Waals surface area contributed by atoms with Gasteiger partial charge in [0.25, 0.3) is 5.56 Å². The van der Waals surface area contributed by atoms with Gasteiger partial charge in [0.2, 0.25) is 0 Å². The minimum atomic E-state index is -0.263. The van der Waals surface area contributed by atoms with E-state index in [1.54, 1.807) is 17.5 Å². The van der Waals surface area contributed by atoms with Crippen LogP contribution >= 0.6 is 22.9 Å². The Labute approximate surface area is 127 Å². The van der Waals surface area contributed by atoms with Gasteiger partial charge >= 0.3 is 0 Å². The maximum atomic E-state index is 12.1. The molecule has 0 aliphatic rings. The Morgan fingerprint density at radius 1 is 1.35 bits per heavy atom. The first kappa shape index (κ1) is 15.1. The highest BCUT2D eigenvalue weighted by atomic mass is 35.5. The van der Waals surface area contributed by atoms with E-state index in [2.05, 4.69) is 29.5 Å².